The minimum atomic E-state index is -1.01. The van der Waals surface area contributed by atoms with Crippen molar-refractivity contribution in [3.63, 3.8) is 0 Å². The molecule has 0 fully saturated rings. The molecule has 0 saturated carbocycles. The number of ether oxygens (including phenoxy) is 1. The van der Waals surface area contributed by atoms with Crippen molar-refractivity contribution in [2.45, 2.75) is 26.4 Å². The molecule has 1 aromatic rings. The van der Waals surface area contributed by atoms with E-state index in [1.165, 1.54) is 23.1 Å². The molecule has 20 heavy (non-hydrogen) atoms. The molecule has 0 aromatic heterocycles. The topological polar surface area (TPSA) is 66.8 Å². The largest absolute Gasteiger partial charge is 0.481 e. The van der Waals surface area contributed by atoms with Crippen LogP contribution in [0.25, 0.3) is 0 Å². The summed E-state index contributed by atoms with van der Waals surface area (Å²) in [4.78, 5) is 24.3. The van der Waals surface area contributed by atoms with Crippen LogP contribution in [0.15, 0.2) is 18.2 Å². The number of anilines is 1. The normalized spacial score (nSPS) is 17.9. The lowest BCUT2D eigenvalue weighted by molar-refractivity contribution is -0.136. The highest BCUT2D eigenvalue weighted by Gasteiger charge is 2.36. The van der Waals surface area contributed by atoms with Crippen LogP contribution >= 0.6 is 0 Å². The van der Waals surface area contributed by atoms with Crippen molar-refractivity contribution in [2.75, 3.05) is 11.4 Å². The van der Waals surface area contributed by atoms with Crippen molar-refractivity contribution >= 4 is 17.6 Å². The highest BCUT2D eigenvalue weighted by Crippen LogP contribution is 2.36. The lowest BCUT2D eigenvalue weighted by Gasteiger charge is -2.35. The van der Waals surface area contributed by atoms with Gasteiger partial charge in [-0.25, -0.2) is 4.39 Å². The van der Waals surface area contributed by atoms with E-state index in [-0.39, 0.29) is 30.5 Å². The highest BCUT2D eigenvalue weighted by molar-refractivity contribution is 6.00. The summed E-state index contributed by atoms with van der Waals surface area (Å²) in [5.41, 5.74) is 0.285. The van der Waals surface area contributed by atoms with Gasteiger partial charge in [0.05, 0.1) is 12.1 Å². The van der Waals surface area contributed by atoms with Crippen LogP contribution in [0.4, 0.5) is 10.1 Å². The van der Waals surface area contributed by atoms with Gasteiger partial charge in [0.15, 0.2) is 6.10 Å². The summed E-state index contributed by atoms with van der Waals surface area (Å²) in [6, 6.07) is 3.90. The molecule has 1 heterocycles. The van der Waals surface area contributed by atoms with E-state index >= 15 is 0 Å². The predicted octanol–water partition coefficient (Wildman–Crippen LogP) is 2.05. The van der Waals surface area contributed by atoms with E-state index in [1.54, 1.807) is 0 Å². The Morgan fingerprint density at radius 2 is 2.20 bits per heavy atom. The number of benzene rings is 1. The molecule has 5 nitrogen and oxygen atoms in total. The zero-order chi connectivity index (χ0) is 14.9. The summed E-state index contributed by atoms with van der Waals surface area (Å²) in [5.74, 6) is -1.51. The van der Waals surface area contributed by atoms with E-state index in [0.717, 1.165) is 0 Å². The molecule has 1 aliphatic rings. The summed E-state index contributed by atoms with van der Waals surface area (Å²) < 4.78 is 18.9. The number of hydrogen-bond acceptors (Lipinski definition) is 3. The van der Waals surface area contributed by atoms with Gasteiger partial charge >= 0.3 is 5.97 Å². The number of nitrogens with zero attached hydrogens (tertiary/aromatic N) is 1. The molecule has 1 atom stereocenters. The first kappa shape index (κ1) is 14.3. The number of carboxylic acids is 1. The van der Waals surface area contributed by atoms with Crippen molar-refractivity contribution in [1.29, 1.82) is 0 Å². The van der Waals surface area contributed by atoms with Crippen LogP contribution < -0.4 is 9.64 Å². The Bertz CT molecular complexity index is 544. The number of halogens is 1. The lowest BCUT2D eigenvalue weighted by atomic mass is 10.0. The van der Waals surface area contributed by atoms with Crippen molar-refractivity contribution in [2.24, 2.45) is 5.92 Å². The Kier molecular flexibility index (Phi) is 3.92. The lowest BCUT2D eigenvalue weighted by Crippen LogP contribution is -2.49. The zero-order valence-electron chi connectivity index (χ0n) is 11.3. The molecule has 2 rings (SSSR count). The van der Waals surface area contributed by atoms with Crippen LogP contribution in [0.1, 0.15) is 20.3 Å². The zero-order valence-corrected chi connectivity index (χ0v) is 11.3. The molecule has 108 valence electrons. The van der Waals surface area contributed by atoms with Crippen molar-refractivity contribution in [3.8, 4) is 5.75 Å². The van der Waals surface area contributed by atoms with E-state index in [1.807, 2.05) is 13.8 Å². The van der Waals surface area contributed by atoms with Crippen LogP contribution in [0, 0.1) is 11.7 Å². The van der Waals surface area contributed by atoms with Gasteiger partial charge in [-0.15, -0.1) is 0 Å². The van der Waals surface area contributed by atoms with Crippen LogP contribution in [-0.4, -0.2) is 29.6 Å². The number of amides is 1. The van der Waals surface area contributed by atoms with Gasteiger partial charge in [-0.3, -0.25) is 9.59 Å². The number of aliphatic carboxylic acids is 1. The standard InChI is InChI=1S/C14H16FNO4/c1-8(2)13-14(19)16(6-5-12(17)18)10-7-9(15)3-4-11(10)20-13/h3-4,7-8,13H,5-6H2,1-2H3,(H,17,18). The Hall–Kier alpha value is -2.11. The molecule has 0 radical (unpaired) electrons. The summed E-state index contributed by atoms with van der Waals surface area (Å²) in [6.07, 6.45) is -0.881. The monoisotopic (exact) mass is 281 g/mol. The summed E-state index contributed by atoms with van der Waals surface area (Å²) >= 11 is 0. The quantitative estimate of drug-likeness (QED) is 0.917. The second-order valence-electron chi connectivity index (χ2n) is 5.03. The molecular weight excluding hydrogens is 265 g/mol. The van der Waals surface area contributed by atoms with Crippen molar-refractivity contribution in [1.82, 2.24) is 0 Å². The fourth-order valence-electron chi connectivity index (χ4n) is 2.12. The average molecular weight is 281 g/mol. The van der Waals surface area contributed by atoms with Gasteiger partial charge in [0.25, 0.3) is 5.91 Å². The van der Waals surface area contributed by atoms with Gasteiger partial charge in [-0.2, -0.15) is 0 Å². The van der Waals surface area contributed by atoms with E-state index in [2.05, 4.69) is 0 Å². The molecule has 1 amide bonds. The molecule has 0 aliphatic carbocycles. The van der Waals surface area contributed by atoms with E-state index < -0.39 is 17.9 Å². The Morgan fingerprint density at radius 3 is 2.80 bits per heavy atom. The molecule has 1 aromatic carbocycles. The third-order valence-electron chi connectivity index (χ3n) is 3.13. The van der Waals surface area contributed by atoms with Crippen LogP contribution in [-0.2, 0) is 9.59 Å². The summed E-state index contributed by atoms with van der Waals surface area (Å²) in [5, 5.41) is 8.76. The number of carbonyl (C=O) groups excluding carboxylic acids is 1. The summed E-state index contributed by atoms with van der Waals surface area (Å²) in [7, 11) is 0. The maximum atomic E-state index is 13.3. The maximum Gasteiger partial charge on any atom is 0.305 e. The van der Waals surface area contributed by atoms with Gasteiger partial charge in [0.2, 0.25) is 0 Å². The fraction of sp³-hybridized carbons (Fsp3) is 0.429. The number of carboxylic acid groups (broad SMARTS) is 1. The van der Waals surface area contributed by atoms with Gasteiger partial charge in [-0.1, -0.05) is 13.8 Å². The third-order valence-corrected chi connectivity index (χ3v) is 3.13. The first-order valence-corrected chi connectivity index (χ1v) is 6.39. The first-order chi connectivity index (χ1) is 9.40. The maximum absolute atomic E-state index is 13.3. The van der Waals surface area contributed by atoms with Crippen molar-refractivity contribution < 1.29 is 23.8 Å². The van der Waals surface area contributed by atoms with Gasteiger partial charge in [-0.05, 0) is 18.1 Å². The average Bonchev–Trinajstić information content (AvgIpc) is 2.36. The number of fused-ring (bicyclic) bond motifs is 1. The van der Waals surface area contributed by atoms with E-state index in [9.17, 15) is 14.0 Å². The molecule has 0 saturated heterocycles. The first-order valence-electron chi connectivity index (χ1n) is 6.39. The Labute approximate surface area is 116 Å². The minimum Gasteiger partial charge on any atom is -0.481 e. The van der Waals surface area contributed by atoms with Crippen LogP contribution in [0.3, 0.4) is 0 Å². The molecule has 1 aliphatic heterocycles. The predicted molar refractivity (Wildman–Crippen MR) is 70.3 cm³/mol. The van der Waals surface area contributed by atoms with Crippen molar-refractivity contribution in [3.05, 3.63) is 24.0 Å². The second kappa shape index (κ2) is 5.48. The minimum absolute atomic E-state index is 0.00278. The van der Waals surface area contributed by atoms with E-state index in [4.69, 9.17) is 9.84 Å². The Morgan fingerprint density at radius 1 is 1.50 bits per heavy atom. The van der Waals surface area contributed by atoms with Gasteiger partial charge in [0.1, 0.15) is 11.6 Å². The van der Waals surface area contributed by atoms with Gasteiger partial charge in [0, 0.05) is 12.6 Å². The molecular formula is C14H16FNO4. The molecule has 6 heteroatoms. The number of hydrogen-bond donors (Lipinski definition) is 1. The number of carbonyl (C=O) groups is 2. The highest BCUT2D eigenvalue weighted by atomic mass is 19.1. The van der Waals surface area contributed by atoms with E-state index in [0.29, 0.717) is 5.75 Å². The SMILES string of the molecule is CC(C)C1Oc2ccc(F)cc2N(CCC(=O)O)C1=O. The van der Waals surface area contributed by atoms with Gasteiger partial charge < -0.3 is 14.7 Å². The molecule has 0 bridgehead atoms. The van der Waals surface area contributed by atoms with Crippen LogP contribution in [0.5, 0.6) is 5.75 Å². The summed E-state index contributed by atoms with van der Waals surface area (Å²) in [6.45, 7) is 3.68. The molecule has 1 unspecified atom stereocenters. The number of rotatable bonds is 4. The second-order valence-corrected chi connectivity index (χ2v) is 5.03. The fourth-order valence-corrected chi connectivity index (χ4v) is 2.12. The molecule has 0 spiro atoms. The smallest absolute Gasteiger partial charge is 0.305 e. The van der Waals surface area contributed by atoms with Crippen LogP contribution in [0.2, 0.25) is 0 Å². The molecule has 1 N–H and O–H groups in total. The Balaban J connectivity index is 2.38. The third kappa shape index (κ3) is 2.74.